The zero-order chi connectivity index (χ0) is 24.0. The summed E-state index contributed by atoms with van der Waals surface area (Å²) in [5.41, 5.74) is 4.77. The van der Waals surface area contributed by atoms with Gasteiger partial charge in [0, 0.05) is 11.4 Å². The molecule has 4 aromatic rings. The van der Waals surface area contributed by atoms with E-state index >= 15 is 0 Å². The van der Waals surface area contributed by atoms with Crippen LogP contribution in [-0.4, -0.2) is 18.4 Å². The lowest BCUT2D eigenvalue weighted by molar-refractivity contribution is -0.116. The van der Waals surface area contributed by atoms with Crippen LogP contribution in [0.25, 0.3) is 0 Å². The van der Waals surface area contributed by atoms with Crippen molar-refractivity contribution in [3.05, 3.63) is 124 Å². The quantitative estimate of drug-likeness (QED) is 0.326. The van der Waals surface area contributed by atoms with E-state index in [9.17, 15) is 9.59 Å². The van der Waals surface area contributed by atoms with Gasteiger partial charge in [-0.3, -0.25) is 9.59 Å². The minimum absolute atomic E-state index is 0.105. The highest BCUT2D eigenvalue weighted by molar-refractivity contribution is 7.17. The van der Waals surface area contributed by atoms with E-state index in [1.807, 2.05) is 78.9 Å². The summed E-state index contributed by atoms with van der Waals surface area (Å²) in [6, 6.07) is 29.7. The molecule has 0 aliphatic heterocycles. The summed E-state index contributed by atoms with van der Waals surface area (Å²) in [5, 5.41) is 6.89. The third-order valence-electron chi connectivity index (χ3n) is 6.46. The first-order chi connectivity index (χ1) is 17.2. The van der Waals surface area contributed by atoms with E-state index in [4.69, 9.17) is 0 Å². The van der Waals surface area contributed by atoms with E-state index < -0.39 is 5.92 Å². The SMILES string of the molecule is O=C(NCCc1ccccc1)c1c(NC(=O)C(c2ccccc2)c2ccccc2)sc2c1CCC2. The minimum atomic E-state index is -0.455. The molecule has 0 unspecified atom stereocenters. The van der Waals surface area contributed by atoms with Gasteiger partial charge in [0.05, 0.1) is 11.5 Å². The van der Waals surface area contributed by atoms with Crippen molar-refractivity contribution < 1.29 is 9.59 Å². The van der Waals surface area contributed by atoms with Crippen LogP contribution in [0.1, 0.15) is 49.8 Å². The van der Waals surface area contributed by atoms with Gasteiger partial charge in [0.1, 0.15) is 5.00 Å². The van der Waals surface area contributed by atoms with Crippen LogP contribution in [0.2, 0.25) is 0 Å². The highest BCUT2D eigenvalue weighted by atomic mass is 32.1. The van der Waals surface area contributed by atoms with Gasteiger partial charge in [0.25, 0.3) is 5.91 Å². The van der Waals surface area contributed by atoms with E-state index in [2.05, 4.69) is 22.8 Å². The van der Waals surface area contributed by atoms with E-state index in [1.54, 1.807) is 11.3 Å². The Hall–Kier alpha value is -3.70. The zero-order valence-electron chi connectivity index (χ0n) is 19.5. The smallest absolute Gasteiger partial charge is 0.254 e. The first-order valence-electron chi connectivity index (χ1n) is 12.1. The van der Waals surface area contributed by atoms with Crippen molar-refractivity contribution in [1.29, 1.82) is 0 Å². The number of nitrogens with one attached hydrogen (secondary N) is 2. The molecule has 0 saturated carbocycles. The molecule has 1 aromatic heterocycles. The molecule has 0 spiro atoms. The number of benzene rings is 3. The maximum Gasteiger partial charge on any atom is 0.254 e. The zero-order valence-corrected chi connectivity index (χ0v) is 20.3. The predicted molar refractivity (Wildman–Crippen MR) is 142 cm³/mol. The molecule has 1 aliphatic carbocycles. The van der Waals surface area contributed by atoms with Crippen LogP contribution in [0.15, 0.2) is 91.0 Å². The highest BCUT2D eigenvalue weighted by Crippen LogP contribution is 2.40. The van der Waals surface area contributed by atoms with E-state index in [0.29, 0.717) is 17.1 Å². The number of amides is 2. The first-order valence-corrected chi connectivity index (χ1v) is 12.9. The average molecular weight is 481 g/mol. The van der Waals surface area contributed by atoms with E-state index in [-0.39, 0.29) is 11.8 Å². The summed E-state index contributed by atoms with van der Waals surface area (Å²) < 4.78 is 0. The van der Waals surface area contributed by atoms with Gasteiger partial charge in [0.15, 0.2) is 0 Å². The van der Waals surface area contributed by atoms with Gasteiger partial charge in [-0.25, -0.2) is 0 Å². The summed E-state index contributed by atoms with van der Waals surface area (Å²) in [7, 11) is 0. The number of carbonyl (C=O) groups is 2. The second-order valence-electron chi connectivity index (χ2n) is 8.80. The summed E-state index contributed by atoms with van der Waals surface area (Å²) >= 11 is 1.55. The topological polar surface area (TPSA) is 58.2 Å². The number of aryl methyl sites for hydroxylation is 1. The molecule has 0 fully saturated rings. The molecule has 35 heavy (non-hydrogen) atoms. The number of anilines is 1. The Kier molecular flexibility index (Phi) is 7.05. The van der Waals surface area contributed by atoms with Crippen LogP contribution in [0.5, 0.6) is 0 Å². The molecular formula is C30H28N2O2S. The van der Waals surface area contributed by atoms with Gasteiger partial charge in [0.2, 0.25) is 5.91 Å². The number of hydrogen-bond donors (Lipinski definition) is 2. The molecule has 1 heterocycles. The van der Waals surface area contributed by atoms with Crippen LogP contribution in [0, 0.1) is 0 Å². The molecule has 4 nitrogen and oxygen atoms in total. The second-order valence-corrected chi connectivity index (χ2v) is 9.90. The Morgan fingerprint density at radius 3 is 2.03 bits per heavy atom. The normalized spacial score (nSPS) is 12.4. The summed E-state index contributed by atoms with van der Waals surface area (Å²) in [4.78, 5) is 28.2. The Balaban J connectivity index is 1.38. The maximum atomic E-state index is 13.7. The largest absolute Gasteiger partial charge is 0.352 e. The molecule has 2 amide bonds. The summed E-state index contributed by atoms with van der Waals surface area (Å²) in [6.45, 7) is 0.553. The van der Waals surface area contributed by atoms with Crippen LogP contribution in [0.3, 0.4) is 0 Å². The Bertz CT molecular complexity index is 1260. The number of rotatable bonds is 8. The van der Waals surface area contributed by atoms with Crippen molar-refractivity contribution >= 4 is 28.2 Å². The Labute approximate surface area is 210 Å². The maximum absolute atomic E-state index is 13.7. The molecule has 0 bridgehead atoms. The van der Waals surface area contributed by atoms with Crippen molar-refractivity contribution in [3.8, 4) is 0 Å². The van der Waals surface area contributed by atoms with E-state index in [1.165, 1.54) is 10.4 Å². The molecule has 3 aromatic carbocycles. The Morgan fingerprint density at radius 1 is 0.800 bits per heavy atom. The van der Waals surface area contributed by atoms with Gasteiger partial charge in [-0.1, -0.05) is 91.0 Å². The lowest BCUT2D eigenvalue weighted by atomic mass is 9.90. The number of thiophene rings is 1. The van der Waals surface area contributed by atoms with Crippen LogP contribution in [0.4, 0.5) is 5.00 Å². The van der Waals surface area contributed by atoms with Gasteiger partial charge in [-0.15, -0.1) is 11.3 Å². The van der Waals surface area contributed by atoms with E-state index in [0.717, 1.165) is 42.4 Å². The second kappa shape index (κ2) is 10.7. The van der Waals surface area contributed by atoms with Crippen LogP contribution in [-0.2, 0) is 24.1 Å². The van der Waals surface area contributed by atoms with Gasteiger partial charge < -0.3 is 10.6 Å². The fraction of sp³-hybridized carbons (Fsp3) is 0.200. The highest BCUT2D eigenvalue weighted by Gasteiger charge is 2.30. The molecule has 5 heteroatoms. The fourth-order valence-corrected chi connectivity index (χ4v) is 6.05. The summed E-state index contributed by atoms with van der Waals surface area (Å²) in [6.07, 6.45) is 3.66. The van der Waals surface area contributed by atoms with Crippen molar-refractivity contribution in [3.63, 3.8) is 0 Å². The van der Waals surface area contributed by atoms with Gasteiger partial charge >= 0.3 is 0 Å². The van der Waals surface area contributed by atoms with Crippen LogP contribution < -0.4 is 10.6 Å². The standard InChI is InChI=1S/C30H28N2O2S/c33-28(31-20-19-21-11-4-1-5-12-21)27-24-17-10-18-25(24)35-30(27)32-29(34)26(22-13-6-2-7-14-22)23-15-8-3-9-16-23/h1-9,11-16,26H,10,17-20H2,(H,31,33)(H,32,34). The predicted octanol–water partition coefficient (Wildman–Crippen LogP) is 5.98. The lowest BCUT2D eigenvalue weighted by Crippen LogP contribution is -2.28. The molecule has 0 radical (unpaired) electrons. The van der Waals surface area contributed by atoms with Gasteiger partial charge in [-0.2, -0.15) is 0 Å². The molecule has 176 valence electrons. The minimum Gasteiger partial charge on any atom is -0.352 e. The van der Waals surface area contributed by atoms with Gasteiger partial charge in [-0.05, 0) is 47.9 Å². The average Bonchev–Trinajstić information content (AvgIpc) is 3.47. The molecule has 0 saturated heterocycles. The monoisotopic (exact) mass is 480 g/mol. The number of carbonyl (C=O) groups excluding carboxylic acids is 2. The van der Waals surface area contributed by atoms with Crippen molar-refractivity contribution in [1.82, 2.24) is 5.32 Å². The van der Waals surface area contributed by atoms with Crippen molar-refractivity contribution in [2.45, 2.75) is 31.6 Å². The molecule has 0 atom stereocenters. The van der Waals surface area contributed by atoms with Crippen molar-refractivity contribution in [2.75, 3.05) is 11.9 Å². The third kappa shape index (κ3) is 5.20. The third-order valence-corrected chi connectivity index (χ3v) is 7.66. The Morgan fingerprint density at radius 2 is 1.40 bits per heavy atom. The van der Waals surface area contributed by atoms with Crippen molar-refractivity contribution in [2.24, 2.45) is 0 Å². The van der Waals surface area contributed by atoms with Crippen LogP contribution >= 0.6 is 11.3 Å². The number of hydrogen-bond acceptors (Lipinski definition) is 3. The molecule has 2 N–H and O–H groups in total. The molecular weight excluding hydrogens is 452 g/mol. The number of fused-ring (bicyclic) bond motifs is 1. The fourth-order valence-electron chi connectivity index (χ4n) is 4.76. The lowest BCUT2D eigenvalue weighted by Gasteiger charge is -2.18. The molecule has 1 aliphatic rings. The molecule has 5 rings (SSSR count). The summed E-state index contributed by atoms with van der Waals surface area (Å²) in [5.74, 6) is -0.685. The first kappa shape index (κ1) is 23.1.